The number of fused-ring (bicyclic) bond motifs is 3. The number of carbonyl (C=O) groups is 2. The first-order chi connectivity index (χ1) is 25.9. The zero-order valence-electron chi connectivity index (χ0n) is 28.8. The Morgan fingerprint density at radius 1 is 0.547 bits per heavy atom. The third kappa shape index (κ3) is 7.56. The van der Waals surface area contributed by atoms with Gasteiger partial charge in [-0.3, -0.25) is 10.6 Å². The molecule has 9 nitrogen and oxygen atoms in total. The topological polar surface area (TPSA) is 126 Å². The Labute approximate surface area is 307 Å². The minimum absolute atomic E-state index is 0.0494. The van der Waals surface area contributed by atoms with Gasteiger partial charge in [0.05, 0.1) is 12.0 Å². The van der Waals surface area contributed by atoms with Gasteiger partial charge >= 0.3 is 12.2 Å². The first-order valence-corrected chi connectivity index (χ1v) is 17.3. The van der Waals surface area contributed by atoms with Gasteiger partial charge < -0.3 is 24.4 Å². The lowest BCUT2D eigenvalue weighted by molar-refractivity contribution is 0.138. The van der Waals surface area contributed by atoms with E-state index in [1.165, 1.54) is 22.3 Å². The van der Waals surface area contributed by atoms with Crippen molar-refractivity contribution in [1.82, 2.24) is 0 Å². The minimum Gasteiger partial charge on any atom is -0.491 e. The van der Waals surface area contributed by atoms with Gasteiger partial charge in [-0.25, -0.2) is 9.59 Å². The number of ether oxygens (including phenoxy) is 3. The fourth-order valence-electron chi connectivity index (χ4n) is 7.01. The van der Waals surface area contributed by atoms with Gasteiger partial charge in [-0.1, -0.05) is 97.1 Å². The molecule has 0 unspecified atom stereocenters. The first kappa shape index (κ1) is 34.9. The molecule has 4 N–H and O–H groups in total. The van der Waals surface area contributed by atoms with Crippen LogP contribution >= 0.6 is 0 Å². The van der Waals surface area contributed by atoms with Crippen LogP contribution in [0.1, 0.15) is 33.4 Å². The predicted molar refractivity (Wildman–Crippen MR) is 204 cm³/mol. The van der Waals surface area contributed by atoms with Gasteiger partial charge in [0.2, 0.25) is 0 Å². The maximum Gasteiger partial charge on any atom is 0.411 e. The van der Waals surface area contributed by atoms with Gasteiger partial charge in [0.15, 0.2) is 0 Å². The number of benzene rings is 6. The Morgan fingerprint density at radius 3 is 1.51 bits per heavy atom. The van der Waals surface area contributed by atoms with Crippen molar-refractivity contribution in [3.8, 4) is 22.6 Å². The van der Waals surface area contributed by atoms with Gasteiger partial charge in [-0.05, 0) is 99.5 Å². The number of carboxylic acid groups (broad SMARTS) is 1. The average Bonchev–Trinajstić information content (AvgIpc) is 3.48. The second-order valence-electron chi connectivity index (χ2n) is 12.6. The van der Waals surface area contributed by atoms with Crippen LogP contribution < -0.4 is 20.1 Å². The number of nitrogens with one attached hydrogen (secondary N) is 2. The van der Waals surface area contributed by atoms with Crippen molar-refractivity contribution in [2.75, 3.05) is 37.1 Å². The molecule has 9 heteroatoms. The van der Waals surface area contributed by atoms with Crippen molar-refractivity contribution in [3.05, 3.63) is 179 Å². The molecular weight excluding hydrogens is 668 g/mol. The first-order valence-electron chi connectivity index (χ1n) is 17.3. The molecule has 0 atom stereocenters. The number of carbonyl (C=O) groups excluding carboxylic acids is 1. The lowest BCUT2D eigenvalue weighted by atomic mass is 9.68. The van der Waals surface area contributed by atoms with E-state index in [2.05, 4.69) is 83.4 Å². The fraction of sp³-hybridized carbons (Fsp3) is 0.136. The summed E-state index contributed by atoms with van der Waals surface area (Å²) in [6.45, 7) is 0.427. The van der Waals surface area contributed by atoms with E-state index in [4.69, 9.17) is 19.3 Å². The Bertz CT molecular complexity index is 2140. The van der Waals surface area contributed by atoms with Crippen LogP contribution in [0.4, 0.5) is 21.0 Å². The maximum absolute atomic E-state index is 12.5. The van der Waals surface area contributed by atoms with E-state index in [0.717, 1.165) is 22.3 Å². The van der Waals surface area contributed by atoms with Crippen LogP contribution in [-0.4, -0.2) is 48.8 Å². The lowest BCUT2D eigenvalue weighted by Crippen LogP contribution is -2.28. The van der Waals surface area contributed by atoms with Crippen molar-refractivity contribution < 1.29 is 34.0 Å². The van der Waals surface area contributed by atoms with Crippen LogP contribution in [0.3, 0.4) is 0 Å². The zero-order valence-corrected chi connectivity index (χ0v) is 28.8. The molecule has 0 aliphatic heterocycles. The SMILES string of the molecule is O=C(O)Nc1ccc(Cc2ccc(NC(=O)OCCOc3ccc(C4(c5ccc(OCCO)cc5)c5ccccc5-c5ccccc54)cc3)cc2)cc1. The summed E-state index contributed by atoms with van der Waals surface area (Å²) >= 11 is 0. The largest absolute Gasteiger partial charge is 0.491 e. The second-order valence-corrected chi connectivity index (χ2v) is 12.6. The van der Waals surface area contributed by atoms with E-state index >= 15 is 0 Å². The molecule has 0 spiro atoms. The Kier molecular flexibility index (Phi) is 10.4. The summed E-state index contributed by atoms with van der Waals surface area (Å²) in [5, 5.41) is 23.1. The Morgan fingerprint density at radius 2 is 1.02 bits per heavy atom. The number of amides is 2. The summed E-state index contributed by atoms with van der Waals surface area (Å²) in [4.78, 5) is 23.3. The highest BCUT2D eigenvalue weighted by molar-refractivity contribution is 5.86. The van der Waals surface area contributed by atoms with Crippen molar-refractivity contribution in [3.63, 3.8) is 0 Å². The molecule has 0 fully saturated rings. The van der Waals surface area contributed by atoms with Crippen molar-refractivity contribution >= 4 is 23.6 Å². The smallest absolute Gasteiger partial charge is 0.411 e. The summed E-state index contributed by atoms with van der Waals surface area (Å²) in [7, 11) is 0. The average molecular weight is 707 g/mol. The number of aliphatic hydroxyl groups is 1. The van der Waals surface area contributed by atoms with E-state index in [-0.39, 0.29) is 26.4 Å². The summed E-state index contributed by atoms with van der Waals surface area (Å²) in [5.41, 5.74) is 9.54. The van der Waals surface area contributed by atoms with Gasteiger partial charge in [0, 0.05) is 11.4 Å². The molecule has 6 aromatic carbocycles. The van der Waals surface area contributed by atoms with E-state index in [0.29, 0.717) is 29.3 Å². The van der Waals surface area contributed by atoms with E-state index < -0.39 is 17.6 Å². The van der Waals surface area contributed by atoms with Crippen LogP contribution in [0.5, 0.6) is 11.5 Å². The number of rotatable bonds is 13. The lowest BCUT2D eigenvalue weighted by Gasteiger charge is -2.34. The molecule has 0 saturated heterocycles. The van der Waals surface area contributed by atoms with Crippen LogP contribution in [0, 0.1) is 0 Å². The zero-order chi connectivity index (χ0) is 36.6. The van der Waals surface area contributed by atoms with Gasteiger partial charge in [-0.2, -0.15) is 0 Å². The molecule has 0 aromatic heterocycles. The molecule has 0 saturated carbocycles. The highest BCUT2D eigenvalue weighted by Crippen LogP contribution is 2.56. The number of hydrogen-bond acceptors (Lipinski definition) is 6. The summed E-state index contributed by atoms with van der Waals surface area (Å²) in [5.74, 6) is 1.35. The number of aliphatic hydroxyl groups excluding tert-OH is 1. The molecule has 1 aliphatic carbocycles. The summed E-state index contributed by atoms with van der Waals surface area (Å²) in [6.07, 6.45) is -1.02. The molecule has 7 rings (SSSR count). The highest BCUT2D eigenvalue weighted by atomic mass is 16.6. The van der Waals surface area contributed by atoms with Gasteiger partial charge in [-0.15, -0.1) is 0 Å². The summed E-state index contributed by atoms with van der Waals surface area (Å²) in [6, 6.07) is 47.8. The molecule has 0 radical (unpaired) electrons. The Balaban J connectivity index is 0.979. The molecule has 0 bridgehead atoms. The second kappa shape index (κ2) is 15.8. The molecule has 6 aromatic rings. The van der Waals surface area contributed by atoms with Crippen LogP contribution in [-0.2, 0) is 16.6 Å². The summed E-state index contributed by atoms with van der Waals surface area (Å²) < 4.78 is 17.0. The van der Waals surface area contributed by atoms with E-state index in [1.807, 2.05) is 60.7 Å². The fourth-order valence-corrected chi connectivity index (χ4v) is 7.01. The standard InChI is InChI=1S/C44H38N2O7/c47-25-26-51-36-21-13-32(14-22-36)44(40-7-3-1-5-38(40)39-6-2-4-8-41(39)44)33-15-23-37(24-16-33)52-27-28-53-43(50)46-35-19-11-31(12-20-35)29-30-9-17-34(18-10-30)45-42(48)49/h1-24,45,47H,25-29H2,(H,46,50)(H,48,49). The van der Waals surface area contributed by atoms with Crippen molar-refractivity contribution in [2.24, 2.45) is 0 Å². The molecule has 0 heterocycles. The van der Waals surface area contributed by atoms with Crippen LogP contribution in [0.15, 0.2) is 146 Å². The van der Waals surface area contributed by atoms with Crippen molar-refractivity contribution in [1.29, 1.82) is 0 Å². The van der Waals surface area contributed by atoms with Crippen LogP contribution in [0.2, 0.25) is 0 Å². The van der Waals surface area contributed by atoms with Crippen LogP contribution in [0.25, 0.3) is 11.1 Å². The van der Waals surface area contributed by atoms with Crippen molar-refractivity contribution in [2.45, 2.75) is 11.8 Å². The minimum atomic E-state index is -1.10. The monoisotopic (exact) mass is 706 g/mol. The highest BCUT2D eigenvalue weighted by Gasteiger charge is 2.45. The molecular formula is C44H38N2O7. The number of hydrogen-bond donors (Lipinski definition) is 4. The quantitative estimate of drug-likeness (QED) is 0.0884. The van der Waals surface area contributed by atoms with Gasteiger partial charge in [0.1, 0.15) is 31.3 Å². The predicted octanol–water partition coefficient (Wildman–Crippen LogP) is 8.73. The van der Waals surface area contributed by atoms with E-state index in [1.54, 1.807) is 12.1 Å². The molecule has 1 aliphatic rings. The third-order valence-electron chi connectivity index (χ3n) is 9.29. The van der Waals surface area contributed by atoms with Gasteiger partial charge in [0.25, 0.3) is 0 Å². The maximum atomic E-state index is 12.5. The third-order valence-corrected chi connectivity index (χ3v) is 9.29. The van der Waals surface area contributed by atoms with E-state index in [9.17, 15) is 14.7 Å². The number of anilines is 2. The molecule has 53 heavy (non-hydrogen) atoms. The molecule has 2 amide bonds. The Hall–Kier alpha value is -6.58. The normalized spacial score (nSPS) is 12.2. The molecule has 266 valence electrons.